The van der Waals surface area contributed by atoms with Crippen molar-refractivity contribution in [2.75, 3.05) is 26.2 Å². The standard InChI is InChI=1S/C21H23ClN2O3/c22-17-9-6-16(7-10-17)8-11-20(26)23-12-3-13-24(15-14-23)21(27)18-4-1-2-5-19(18)25/h1-2,4-7,9-10,25H,3,8,11-15H2. The SMILES string of the molecule is O=C(CCc1ccc(Cl)cc1)N1CCCN(C(=O)c2ccccc2O)CC1. The van der Waals surface area contributed by atoms with Crippen LogP contribution in [0.4, 0.5) is 0 Å². The molecule has 2 amide bonds. The third kappa shape index (κ3) is 5.01. The number of phenols is 1. The molecule has 1 fully saturated rings. The first-order valence-electron chi connectivity index (χ1n) is 9.14. The predicted molar refractivity (Wildman–Crippen MR) is 105 cm³/mol. The Hall–Kier alpha value is -2.53. The number of aryl methyl sites for hydroxylation is 1. The number of carbonyl (C=O) groups is 2. The maximum atomic E-state index is 12.6. The lowest BCUT2D eigenvalue weighted by atomic mass is 10.1. The highest BCUT2D eigenvalue weighted by Crippen LogP contribution is 2.19. The third-order valence-corrected chi connectivity index (χ3v) is 5.06. The number of aromatic hydroxyl groups is 1. The van der Waals surface area contributed by atoms with Gasteiger partial charge in [0.1, 0.15) is 5.75 Å². The van der Waals surface area contributed by atoms with Crippen LogP contribution in [0.25, 0.3) is 0 Å². The molecular formula is C21H23ClN2O3. The minimum atomic E-state index is -0.191. The fourth-order valence-corrected chi connectivity index (χ4v) is 3.38. The summed E-state index contributed by atoms with van der Waals surface area (Å²) in [5.41, 5.74) is 1.39. The van der Waals surface area contributed by atoms with Gasteiger partial charge in [-0.05, 0) is 42.7 Å². The Morgan fingerprint density at radius 1 is 0.926 bits per heavy atom. The van der Waals surface area contributed by atoms with Crippen LogP contribution < -0.4 is 0 Å². The molecule has 0 aliphatic carbocycles. The zero-order valence-electron chi connectivity index (χ0n) is 15.1. The second-order valence-electron chi connectivity index (χ2n) is 6.67. The van der Waals surface area contributed by atoms with Crippen molar-refractivity contribution in [3.63, 3.8) is 0 Å². The summed E-state index contributed by atoms with van der Waals surface area (Å²) in [6, 6.07) is 14.1. The van der Waals surface area contributed by atoms with Gasteiger partial charge in [0.05, 0.1) is 5.56 Å². The zero-order valence-corrected chi connectivity index (χ0v) is 15.9. The first kappa shape index (κ1) is 19.2. The van der Waals surface area contributed by atoms with Crippen molar-refractivity contribution in [3.8, 4) is 5.75 Å². The Labute approximate surface area is 164 Å². The van der Waals surface area contributed by atoms with Crippen molar-refractivity contribution in [3.05, 3.63) is 64.7 Å². The van der Waals surface area contributed by atoms with Crippen molar-refractivity contribution in [1.29, 1.82) is 0 Å². The van der Waals surface area contributed by atoms with Crippen LogP contribution in [0.1, 0.15) is 28.8 Å². The minimum absolute atomic E-state index is 0.0114. The van der Waals surface area contributed by atoms with Gasteiger partial charge in [-0.1, -0.05) is 35.9 Å². The van der Waals surface area contributed by atoms with E-state index in [1.54, 1.807) is 23.1 Å². The molecule has 0 aromatic heterocycles. The van der Waals surface area contributed by atoms with Crippen LogP contribution in [-0.4, -0.2) is 52.9 Å². The molecule has 2 aromatic rings. The number of nitrogens with zero attached hydrogens (tertiary/aromatic N) is 2. The molecule has 1 heterocycles. The molecule has 1 aliphatic rings. The summed E-state index contributed by atoms with van der Waals surface area (Å²) in [7, 11) is 0. The van der Waals surface area contributed by atoms with Crippen molar-refractivity contribution < 1.29 is 14.7 Å². The van der Waals surface area contributed by atoms with Crippen LogP contribution in [0.15, 0.2) is 48.5 Å². The molecule has 6 heteroatoms. The largest absolute Gasteiger partial charge is 0.507 e. The van der Waals surface area contributed by atoms with E-state index in [1.165, 1.54) is 6.07 Å². The molecule has 0 atom stereocenters. The van der Waals surface area contributed by atoms with E-state index in [-0.39, 0.29) is 17.6 Å². The fourth-order valence-electron chi connectivity index (χ4n) is 3.26. The third-order valence-electron chi connectivity index (χ3n) is 4.81. The lowest BCUT2D eigenvalue weighted by molar-refractivity contribution is -0.131. The highest BCUT2D eigenvalue weighted by Gasteiger charge is 2.24. The van der Waals surface area contributed by atoms with Gasteiger partial charge in [-0.3, -0.25) is 9.59 Å². The molecule has 142 valence electrons. The summed E-state index contributed by atoms with van der Waals surface area (Å²) in [6.07, 6.45) is 1.84. The molecule has 0 bridgehead atoms. The van der Waals surface area contributed by atoms with Crippen LogP contribution in [0.3, 0.4) is 0 Å². The van der Waals surface area contributed by atoms with Crippen LogP contribution in [0, 0.1) is 0 Å². The zero-order chi connectivity index (χ0) is 19.2. The van der Waals surface area contributed by atoms with E-state index in [4.69, 9.17) is 11.6 Å². The van der Waals surface area contributed by atoms with Gasteiger partial charge in [-0.15, -0.1) is 0 Å². The van der Waals surface area contributed by atoms with E-state index in [0.717, 1.165) is 12.0 Å². The number of hydrogen-bond donors (Lipinski definition) is 1. The Kier molecular flexibility index (Phi) is 6.35. The maximum Gasteiger partial charge on any atom is 0.257 e. The van der Waals surface area contributed by atoms with E-state index in [0.29, 0.717) is 49.6 Å². The topological polar surface area (TPSA) is 60.9 Å². The molecule has 0 spiro atoms. The van der Waals surface area contributed by atoms with Gasteiger partial charge in [0, 0.05) is 37.6 Å². The van der Waals surface area contributed by atoms with Crippen molar-refractivity contribution in [1.82, 2.24) is 9.80 Å². The quantitative estimate of drug-likeness (QED) is 0.876. The molecule has 2 aromatic carbocycles. The Morgan fingerprint density at radius 3 is 2.33 bits per heavy atom. The first-order chi connectivity index (χ1) is 13.0. The van der Waals surface area contributed by atoms with Gasteiger partial charge in [-0.25, -0.2) is 0 Å². The number of para-hydroxylation sites is 1. The molecule has 5 nitrogen and oxygen atoms in total. The summed E-state index contributed by atoms with van der Waals surface area (Å²) >= 11 is 5.88. The number of amides is 2. The average molecular weight is 387 g/mol. The number of carbonyl (C=O) groups excluding carboxylic acids is 2. The molecule has 1 aliphatic heterocycles. The summed E-state index contributed by atoms with van der Waals surface area (Å²) < 4.78 is 0. The molecule has 27 heavy (non-hydrogen) atoms. The summed E-state index contributed by atoms with van der Waals surface area (Å²) in [5.74, 6) is -0.104. The Morgan fingerprint density at radius 2 is 1.59 bits per heavy atom. The van der Waals surface area contributed by atoms with E-state index < -0.39 is 0 Å². The smallest absolute Gasteiger partial charge is 0.257 e. The van der Waals surface area contributed by atoms with E-state index in [1.807, 2.05) is 29.2 Å². The maximum absolute atomic E-state index is 12.6. The van der Waals surface area contributed by atoms with Crippen molar-refractivity contribution in [2.45, 2.75) is 19.3 Å². The van der Waals surface area contributed by atoms with Crippen molar-refractivity contribution >= 4 is 23.4 Å². The van der Waals surface area contributed by atoms with Crippen LogP contribution in [-0.2, 0) is 11.2 Å². The summed E-state index contributed by atoms with van der Waals surface area (Å²) in [4.78, 5) is 28.7. The highest BCUT2D eigenvalue weighted by molar-refractivity contribution is 6.30. The molecule has 0 radical (unpaired) electrons. The number of benzene rings is 2. The van der Waals surface area contributed by atoms with Crippen LogP contribution in [0.5, 0.6) is 5.75 Å². The van der Waals surface area contributed by atoms with Gasteiger partial charge < -0.3 is 14.9 Å². The lowest BCUT2D eigenvalue weighted by Gasteiger charge is -2.22. The fraction of sp³-hybridized carbons (Fsp3) is 0.333. The van der Waals surface area contributed by atoms with Gasteiger partial charge >= 0.3 is 0 Å². The van der Waals surface area contributed by atoms with Crippen LogP contribution in [0.2, 0.25) is 5.02 Å². The normalized spacial score (nSPS) is 14.7. The average Bonchev–Trinajstić information content (AvgIpc) is 2.93. The number of phenolic OH excluding ortho intramolecular Hbond substituents is 1. The van der Waals surface area contributed by atoms with E-state index >= 15 is 0 Å². The van der Waals surface area contributed by atoms with Gasteiger partial charge in [0.25, 0.3) is 5.91 Å². The van der Waals surface area contributed by atoms with Crippen molar-refractivity contribution in [2.24, 2.45) is 0 Å². The summed E-state index contributed by atoms with van der Waals surface area (Å²) in [5, 5.41) is 10.6. The lowest BCUT2D eigenvalue weighted by Crippen LogP contribution is -2.37. The van der Waals surface area contributed by atoms with Crippen LogP contribution >= 0.6 is 11.6 Å². The van der Waals surface area contributed by atoms with E-state index in [2.05, 4.69) is 0 Å². The second kappa shape index (κ2) is 8.91. The number of rotatable bonds is 4. The molecule has 1 N–H and O–H groups in total. The second-order valence-corrected chi connectivity index (χ2v) is 7.11. The first-order valence-corrected chi connectivity index (χ1v) is 9.52. The van der Waals surface area contributed by atoms with E-state index in [9.17, 15) is 14.7 Å². The summed E-state index contributed by atoms with van der Waals surface area (Å²) in [6.45, 7) is 2.21. The monoisotopic (exact) mass is 386 g/mol. The number of hydrogen-bond acceptors (Lipinski definition) is 3. The Balaban J connectivity index is 1.54. The minimum Gasteiger partial charge on any atom is -0.507 e. The van der Waals surface area contributed by atoms with Gasteiger partial charge in [0.15, 0.2) is 0 Å². The molecule has 0 saturated carbocycles. The molecule has 1 saturated heterocycles. The molecule has 0 unspecified atom stereocenters. The predicted octanol–water partition coefficient (Wildman–Crippen LogP) is 3.35. The molecular weight excluding hydrogens is 364 g/mol. The highest BCUT2D eigenvalue weighted by atomic mass is 35.5. The number of halogens is 1. The molecule has 3 rings (SSSR count). The van der Waals surface area contributed by atoms with Gasteiger partial charge in [0.2, 0.25) is 5.91 Å². The van der Waals surface area contributed by atoms with Gasteiger partial charge in [-0.2, -0.15) is 0 Å². The Bertz CT molecular complexity index is 807.